The summed E-state index contributed by atoms with van der Waals surface area (Å²) in [7, 11) is 0. The van der Waals surface area contributed by atoms with E-state index in [-0.39, 0.29) is 5.69 Å². The van der Waals surface area contributed by atoms with Crippen LogP contribution < -0.4 is 10.5 Å². The Morgan fingerprint density at radius 2 is 2.27 bits per heavy atom. The van der Waals surface area contributed by atoms with Crippen LogP contribution in [0.2, 0.25) is 0 Å². The van der Waals surface area contributed by atoms with Crippen LogP contribution in [0.25, 0.3) is 0 Å². The van der Waals surface area contributed by atoms with Gasteiger partial charge in [-0.2, -0.15) is 0 Å². The molecule has 0 aliphatic rings. The molecular formula is C11H16N2O2. The third-order valence-corrected chi connectivity index (χ3v) is 1.95. The zero-order chi connectivity index (χ0) is 11.3. The van der Waals surface area contributed by atoms with E-state index in [4.69, 9.17) is 10.5 Å². The first-order valence-electron chi connectivity index (χ1n) is 4.98. The number of hydrogen-bond acceptors (Lipinski definition) is 3. The lowest BCUT2D eigenvalue weighted by molar-refractivity contribution is 0.0995. The zero-order valence-corrected chi connectivity index (χ0v) is 9.06. The van der Waals surface area contributed by atoms with E-state index in [9.17, 15) is 4.79 Å². The van der Waals surface area contributed by atoms with Crippen LogP contribution in [0.5, 0.6) is 5.75 Å². The summed E-state index contributed by atoms with van der Waals surface area (Å²) in [5.74, 6) is 0.757. The van der Waals surface area contributed by atoms with E-state index in [1.807, 2.05) is 0 Å². The Kier molecular flexibility index (Phi) is 4.09. The molecule has 1 heterocycles. The number of pyridine rings is 1. The highest BCUT2D eigenvalue weighted by atomic mass is 16.5. The molecule has 0 unspecified atom stereocenters. The first kappa shape index (κ1) is 11.5. The minimum atomic E-state index is -0.524. The lowest BCUT2D eigenvalue weighted by Gasteiger charge is -2.07. The van der Waals surface area contributed by atoms with Crippen molar-refractivity contribution >= 4 is 5.91 Å². The molecule has 0 aliphatic heterocycles. The number of nitrogens with zero attached hydrogens (tertiary/aromatic N) is 1. The zero-order valence-electron chi connectivity index (χ0n) is 9.06. The van der Waals surface area contributed by atoms with Gasteiger partial charge in [0.05, 0.1) is 12.8 Å². The molecule has 0 saturated carbocycles. The van der Waals surface area contributed by atoms with Gasteiger partial charge in [0.2, 0.25) is 0 Å². The Bertz CT molecular complexity index is 320. The summed E-state index contributed by atoms with van der Waals surface area (Å²) in [5.41, 5.74) is 5.32. The predicted octanol–water partition coefficient (Wildman–Crippen LogP) is 1.61. The third-order valence-electron chi connectivity index (χ3n) is 1.95. The fraction of sp³-hybridized carbons (Fsp3) is 0.455. The minimum absolute atomic E-state index is 0.256. The normalized spacial score (nSPS) is 10.3. The van der Waals surface area contributed by atoms with Crippen LogP contribution >= 0.6 is 0 Å². The summed E-state index contributed by atoms with van der Waals surface area (Å²) in [5, 5.41) is 0. The van der Waals surface area contributed by atoms with E-state index in [0.29, 0.717) is 18.3 Å². The highest BCUT2D eigenvalue weighted by molar-refractivity contribution is 5.90. The third kappa shape index (κ3) is 3.97. The molecule has 1 aromatic rings. The molecule has 0 atom stereocenters. The van der Waals surface area contributed by atoms with E-state index < -0.39 is 5.91 Å². The first-order valence-corrected chi connectivity index (χ1v) is 4.98. The van der Waals surface area contributed by atoms with Gasteiger partial charge in [0, 0.05) is 0 Å². The van der Waals surface area contributed by atoms with Crippen LogP contribution in [-0.4, -0.2) is 17.5 Å². The predicted molar refractivity (Wildman–Crippen MR) is 57.7 cm³/mol. The highest BCUT2D eigenvalue weighted by Crippen LogP contribution is 2.10. The number of primary amides is 1. The summed E-state index contributed by atoms with van der Waals surface area (Å²) in [4.78, 5) is 14.6. The van der Waals surface area contributed by atoms with Crippen LogP contribution in [-0.2, 0) is 0 Å². The summed E-state index contributed by atoms with van der Waals surface area (Å²) < 4.78 is 5.44. The smallest absolute Gasteiger partial charge is 0.267 e. The van der Waals surface area contributed by atoms with Crippen molar-refractivity contribution in [1.82, 2.24) is 4.98 Å². The molecule has 1 aromatic heterocycles. The topological polar surface area (TPSA) is 65.2 Å². The monoisotopic (exact) mass is 208 g/mol. The van der Waals surface area contributed by atoms with Gasteiger partial charge in [0.1, 0.15) is 11.4 Å². The van der Waals surface area contributed by atoms with Gasteiger partial charge < -0.3 is 10.5 Å². The molecule has 0 fully saturated rings. The maximum Gasteiger partial charge on any atom is 0.267 e. The molecule has 2 N–H and O–H groups in total. The molecule has 4 nitrogen and oxygen atoms in total. The molecule has 0 bridgehead atoms. The van der Waals surface area contributed by atoms with E-state index in [2.05, 4.69) is 18.8 Å². The number of carbonyl (C=O) groups is 1. The molecule has 0 radical (unpaired) electrons. The fourth-order valence-electron chi connectivity index (χ4n) is 1.02. The molecule has 1 rings (SSSR count). The molecule has 0 spiro atoms. The Morgan fingerprint density at radius 1 is 1.53 bits per heavy atom. The summed E-state index contributed by atoms with van der Waals surface area (Å²) in [6.45, 7) is 4.94. The maximum absolute atomic E-state index is 10.7. The Hall–Kier alpha value is -1.58. The van der Waals surface area contributed by atoms with Gasteiger partial charge in [-0.25, -0.2) is 4.98 Å². The van der Waals surface area contributed by atoms with E-state index in [1.54, 1.807) is 12.1 Å². The SMILES string of the molecule is CC(C)CCOc1ccc(C(N)=O)nc1. The van der Waals surface area contributed by atoms with Crippen molar-refractivity contribution in [1.29, 1.82) is 0 Å². The van der Waals surface area contributed by atoms with Crippen molar-refractivity contribution in [3.8, 4) is 5.75 Å². The molecule has 1 amide bonds. The number of carbonyl (C=O) groups excluding carboxylic acids is 1. The number of nitrogens with two attached hydrogens (primary N) is 1. The van der Waals surface area contributed by atoms with Crippen LogP contribution in [0.4, 0.5) is 0 Å². The number of rotatable bonds is 5. The molecular weight excluding hydrogens is 192 g/mol. The molecule has 4 heteroatoms. The fourth-order valence-corrected chi connectivity index (χ4v) is 1.02. The molecule has 0 aliphatic carbocycles. The Labute approximate surface area is 89.5 Å². The van der Waals surface area contributed by atoms with Crippen LogP contribution in [0.3, 0.4) is 0 Å². The van der Waals surface area contributed by atoms with Crippen molar-refractivity contribution in [2.24, 2.45) is 11.7 Å². The van der Waals surface area contributed by atoms with Gasteiger partial charge in [-0.1, -0.05) is 13.8 Å². The number of aromatic nitrogens is 1. The van der Waals surface area contributed by atoms with Gasteiger partial charge >= 0.3 is 0 Å². The average molecular weight is 208 g/mol. The van der Waals surface area contributed by atoms with Gasteiger partial charge in [-0.15, -0.1) is 0 Å². The van der Waals surface area contributed by atoms with E-state index >= 15 is 0 Å². The largest absolute Gasteiger partial charge is 0.492 e. The molecule has 0 aromatic carbocycles. The Balaban J connectivity index is 2.46. The van der Waals surface area contributed by atoms with Crippen molar-refractivity contribution in [2.45, 2.75) is 20.3 Å². The first-order chi connectivity index (χ1) is 7.09. The van der Waals surface area contributed by atoms with Gasteiger partial charge in [0.15, 0.2) is 0 Å². The summed E-state index contributed by atoms with van der Waals surface area (Å²) >= 11 is 0. The Morgan fingerprint density at radius 3 is 2.73 bits per heavy atom. The lowest BCUT2D eigenvalue weighted by Crippen LogP contribution is -2.12. The lowest BCUT2D eigenvalue weighted by atomic mass is 10.1. The van der Waals surface area contributed by atoms with Crippen LogP contribution in [0.1, 0.15) is 30.8 Å². The van der Waals surface area contributed by atoms with E-state index in [1.165, 1.54) is 6.20 Å². The molecule has 82 valence electrons. The highest BCUT2D eigenvalue weighted by Gasteiger charge is 2.02. The summed E-state index contributed by atoms with van der Waals surface area (Å²) in [6, 6.07) is 3.26. The number of ether oxygens (including phenoxy) is 1. The van der Waals surface area contributed by atoms with Crippen molar-refractivity contribution in [3.63, 3.8) is 0 Å². The number of hydrogen-bond donors (Lipinski definition) is 1. The quantitative estimate of drug-likeness (QED) is 0.799. The standard InChI is InChI=1S/C11H16N2O2/c1-8(2)5-6-15-9-3-4-10(11(12)14)13-7-9/h3-4,7-8H,5-6H2,1-2H3,(H2,12,14). The van der Waals surface area contributed by atoms with Gasteiger partial charge in [-0.05, 0) is 24.5 Å². The molecule has 15 heavy (non-hydrogen) atoms. The molecule has 0 saturated heterocycles. The minimum Gasteiger partial charge on any atom is -0.492 e. The van der Waals surface area contributed by atoms with Gasteiger partial charge in [-0.3, -0.25) is 4.79 Å². The van der Waals surface area contributed by atoms with Crippen LogP contribution in [0.15, 0.2) is 18.3 Å². The van der Waals surface area contributed by atoms with Crippen molar-refractivity contribution in [2.75, 3.05) is 6.61 Å². The van der Waals surface area contributed by atoms with Crippen LogP contribution in [0, 0.1) is 5.92 Å². The maximum atomic E-state index is 10.7. The second-order valence-electron chi connectivity index (χ2n) is 3.77. The van der Waals surface area contributed by atoms with E-state index in [0.717, 1.165) is 6.42 Å². The van der Waals surface area contributed by atoms with Crippen molar-refractivity contribution in [3.05, 3.63) is 24.0 Å². The second-order valence-corrected chi connectivity index (χ2v) is 3.77. The number of amides is 1. The van der Waals surface area contributed by atoms with Gasteiger partial charge in [0.25, 0.3) is 5.91 Å². The average Bonchev–Trinajstić information content (AvgIpc) is 2.18. The second kappa shape index (κ2) is 5.34. The summed E-state index contributed by atoms with van der Waals surface area (Å²) in [6.07, 6.45) is 2.51. The van der Waals surface area contributed by atoms with Crippen molar-refractivity contribution < 1.29 is 9.53 Å².